The summed E-state index contributed by atoms with van der Waals surface area (Å²) in [6.45, 7) is 4.93. The summed E-state index contributed by atoms with van der Waals surface area (Å²) in [5, 5.41) is 0. The summed E-state index contributed by atoms with van der Waals surface area (Å²) in [5.74, 6) is -1.05. The SMILES string of the molecule is CCC(c1ccc(F)cc1F)N1CCN(C(=O)[C@@H]2CC[C@H](CN)O2)CC1. The molecule has 1 amide bonds. The van der Waals surface area contributed by atoms with Gasteiger partial charge in [-0.05, 0) is 25.3 Å². The zero-order valence-corrected chi connectivity index (χ0v) is 15.2. The van der Waals surface area contributed by atoms with E-state index in [9.17, 15) is 13.6 Å². The summed E-state index contributed by atoms with van der Waals surface area (Å²) >= 11 is 0. The van der Waals surface area contributed by atoms with Crippen LogP contribution in [-0.2, 0) is 9.53 Å². The Morgan fingerprint density at radius 3 is 2.58 bits per heavy atom. The molecular weight excluding hydrogens is 340 g/mol. The van der Waals surface area contributed by atoms with E-state index in [1.54, 1.807) is 0 Å². The summed E-state index contributed by atoms with van der Waals surface area (Å²) < 4.78 is 33.0. The van der Waals surface area contributed by atoms with Gasteiger partial charge in [0.05, 0.1) is 6.10 Å². The van der Waals surface area contributed by atoms with E-state index in [0.29, 0.717) is 38.3 Å². The molecule has 0 aliphatic carbocycles. The normalized spacial score (nSPS) is 25.5. The van der Waals surface area contributed by atoms with Crippen LogP contribution in [0, 0.1) is 11.6 Å². The fourth-order valence-corrected chi connectivity index (χ4v) is 3.96. The van der Waals surface area contributed by atoms with Crippen LogP contribution in [0.5, 0.6) is 0 Å². The maximum absolute atomic E-state index is 14.2. The largest absolute Gasteiger partial charge is 0.364 e. The number of amides is 1. The molecule has 3 atom stereocenters. The molecule has 2 aliphatic rings. The number of halogens is 2. The first kappa shape index (κ1) is 19.2. The van der Waals surface area contributed by atoms with Crippen LogP contribution in [0.3, 0.4) is 0 Å². The summed E-state index contributed by atoms with van der Waals surface area (Å²) in [7, 11) is 0. The molecule has 2 N–H and O–H groups in total. The zero-order valence-electron chi connectivity index (χ0n) is 15.2. The second kappa shape index (κ2) is 8.41. The van der Waals surface area contributed by atoms with E-state index >= 15 is 0 Å². The molecule has 1 unspecified atom stereocenters. The average molecular weight is 367 g/mol. The number of ether oxygens (including phenoxy) is 1. The molecule has 144 valence electrons. The second-order valence-electron chi connectivity index (χ2n) is 7.01. The third kappa shape index (κ3) is 4.05. The van der Waals surface area contributed by atoms with Crippen molar-refractivity contribution in [3.63, 3.8) is 0 Å². The summed E-state index contributed by atoms with van der Waals surface area (Å²) in [4.78, 5) is 16.6. The van der Waals surface area contributed by atoms with Gasteiger partial charge in [-0.3, -0.25) is 9.69 Å². The smallest absolute Gasteiger partial charge is 0.251 e. The van der Waals surface area contributed by atoms with Gasteiger partial charge < -0.3 is 15.4 Å². The molecular formula is C19H27F2N3O2. The predicted octanol–water partition coefficient (Wildman–Crippen LogP) is 2.07. The second-order valence-corrected chi connectivity index (χ2v) is 7.01. The lowest BCUT2D eigenvalue weighted by molar-refractivity contribution is -0.144. The topological polar surface area (TPSA) is 58.8 Å². The molecule has 2 heterocycles. The molecule has 0 saturated carbocycles. The van der Waals surface area contributed by atoms with Crippen LogP contribution >= 0.6 is 0 Å². The van der Waals surface area contributed by atoms with Crippen molar-refractivity contribution < 1.29 is 18.3 Å². The molecule has 2 fully saturated rings. The fourth-order valence-electron chi connectivity index (χ4n) is 3.96. The average Bonchev–Trinajstić information content (AvgIpc) is 3.13. The lowest BCUT2D eigenvalue weighted by Crippen LogP contribution is -2.52. The fraction of sp³-hybridized carbons (Fsp3) is 0.632. The lowest BCUT2D eigenvalue weighted by Gasteiger charge is -2.40. The minimum Gasteiger partial charge on any atom is -0.364 e. The third-order valence-corrected chi connectivity index (χ3v) is 5.42. The van der Waals surface area contributed by atoms with E-state index in [2.05, 4.69) is 4.90 Å². The van der Waals surface area contributed by atoms with Gasteiger partial charge in [-0.1, -0.05) is 13.0 Å². The third-order valence-electron chi connectivity index (χ3n) is 5.42. The molecule has 0 bridgehead atoms. The van der Waals surface area contributed by atoms with E-state index in [0.717, 1.165) is 25.3 Å². The molecule has 0 aromatic heterocycles. The molecule has 2 saturated heterocycles. The highest BCUT2D eigenvalue weighted by atomic mass is 19.1. The van der Waals surface area contributed by atoms with Crippen molar-refractivity contribution in [2.75, 3.05) is 32.7 Å². The highest BCUT2D eigenvalue weighted by Crippen LogP contribution is 2.28. The van der Waals surface area contributed by atoms with Gasteiger partial charge in [0.15, 0.2) is 0 Å². The number of carbonyl (C=O) groups excluding carboxylic acids is 1. The van der Waals surface area contributed by atoms with Crippen molar-refractivity contribution in [1.82, 2.24) is 9.80 Å². The quantitative estimate of drug-likeness (QED) is 0.866. The Kier molecular flexibility index (Phi) is 6.21. The van der Waals surface area contributed by atoms with Crippen molar-refractivity contribution in [1.29, 1.82) is 0 Å². The Morgan fingerprint density at radius 1 is 1.27 bits per heavy atom. The monoisotopic (exact) mass is 367 g/mol. The Morgan fingerprint density at radius 2 is 2.00 bits per heavy atom. The van der Waals surface area contributed by atoms with Gasteiger partial charge in [0.25, 0.3) is 5.91 Å². The van der Waals surface area contributed by atoms with Gasteiger partial charge in [0, 0.05) is 50.4 Å². The first-order chi connectivity index (χ1) is 12.5. The molecule has 1 aromatic carbocycles. The van der Waals surface area contributed by atoms with Crippen molar-refractivity contribution in [3.05, 3.63) is 35.4 Å². The standard InChI is InChI=1S/C19H27F2N3O2/c1-2-17(15-5-3-13(20)11-16(15)21)23-7-9-24(10-8-23)19(25)18-6-4-14(12-22)26-18/h3,5,11,14,17-18H,2,4,6-10,12,22H2,1H3/t14-,17?,18+/m1/s1. The maximum Gasteiger partial charge on any atom is 0.251 e. The summed E-state index contributed by atoms with van der Waals surface area (Å²) in [5.41, 5.74) is 6.12. The Bertz CT molecular complexity index is 635. The van der Waals surface area contributed by atoms with Crippen molar-refractivity contribution >= 4 is 5.91 Å². The number of nitrogens with two attached hydrogens (primary N) is 1. The van der Waals surface area contributed by atoms with E-state index < -0.39 is 11.6 Å². The van der Waals surface area contributed by atoms with Crippen molar-refractivity contribution in [3.8, 4) is 0 Å². The first-order valence-corrected chi connectivity index (χ1v) is 9.36. The zero-order chi connectivity index (χ0) is 18.7. The minimum absolute atomic E-state index is 0.0174. The predicted molar refractivity (Wildman–Crippen MR) is 94.5 cm³/mol. The molecule has 3 rings (SSSR count). The first-order valence-electron chi connectivity index (χ1n) is 9.36. The van der Waals surface area contributed by atoms with Gasteiger partial charge in [0.1, 0.15) is 17.7 Å². The van der Waals surface area contributed by atoms with Crippen molar-refractivity contribution in [2.45, 2.75) is 44.4 Å². The Labute approximate surface area is 153 Å². The Balaban J connectivity index is 1.59. The Hall–Kier alpha value is -1.57. The summed E-state index contributed by atoms with van der Waals surface area (Å²) in [6.07, 6.45) is 1.87. The molecule has 7 heteroatoms. The highest BCUT2D eigenvalue weighted by Gasteiger charge is 2.35. The maximum atomic E-state index is 14.2. The number of rotatable bonds is 5. The molecule has 1 aromatic rings. The minimum atomic E-state index is -0.566. The molecule has 5 nitrogen and oxygen atoms in total. The molecule has 2 aliphatic heterocycles. The van der Waals surface area contributed by atoms with E-state index in [1.807, 2.05) is 11.8 Å². The van der Waals surface area contributed by atoms with Crippen LogP contribution in [0.4, 0.5) is 8.78 Å². The van der Waals surface area contributed by atoms with Gasteiger partial charge in [-0.2, -0.15) is 0 Å². The molecule has 0 spiro atoms. The van der Waals surface area contributed by atoms with Crippen LogP contribution in [-0.4, -0.2) is 60.6 Å². The number of hydrogen-bond acceptors (Lipinski definition) is 4. The van der Waals surface area contributed by atoms with Crippen LogP contribution in [0.2, 0.25) is 0 Å². The number of hydrogen-bond donors (Lipinski definition) is 1. The molecule has 26 heavy (non-hydrogen) atoms. The van der Waals surface area contributed by atoms with Gasteiger partial charge in [0.2, 0.25) is 0 Å². The van der Waals surface area contributed by atoms with Crippen LogP contribution < -0.4 is 5.73 Å². The van der Waals surface area contributed by atoms with E-state index in [4.69, 9.17) is 10.5 Å². The van der Waals surface area contributed by atoms with Crippen molar-refractivity contribution in [2.24, 2.45) is 5.73 Å². The number of nitrogens with zero attached hydrogens (tertiary/aromatic N) is 2. The highest BCUT2D eigenvalue weighted by molar-refractivity contribution is 5.81. The van der Waals surface area contributed by atoms with Crippen LogP contribution in [0.25, 0.3) is 0 Å². The lowest BCUT2D eigenvalue weighted by atomic mass is 10.0. The number of carbonyl (C=O) groups is 1. The number of benzene rings is 1. The van der Waals surface area contributed by atoms with Gasteiger partial charge >= 0.3 is 0 Å². The van der Waals surface area contributed by atoms with Crippen LogP contribution in [0.1, 0.15) is 37.8 Å². The van der Waals surface area contributed by atoms with E-state index in [-0.39, 0.29) is 24.2 Å². The summed E-state index contributed by atoms with van der Waals surface area (Å²) in [6, 6.07) is 3.64. The van der Waals surface area contributed by atoms with E-state index in [1.165, 1.54) is 12.1 Å². The van der Waals surface area contributed by atoms with Gasteiger partial charge in [-0.15, -0.1) is 0 Å². The van der Waals surface area contributed by atoms with Gasteiger partial charge in [-0.25, -0.2) is 8.78 Å². The van der Waals surface area contributed by atoms with Crippen LogP contribution in [0.15, 0.2) is 18.2 Å². The number of piperazine rings is 1. The molecule has 0 radical (unpaired) electrons.